The van der Waals surface area contributed by atoms with Gasteiger partial charge in [0.1, 0.15) is 0 Å². The molecule has 1 saturated heterocycles. The number of anilines is 1. The molecule has 1 N–H and O–H groups in total. The van der Waals surface area contributed by atoms with Gasteiger partial charge in [0, 0.05) is 24.8 Å². The molecule has 0 unspecified atom stereocenters. The lowest BCUT2D eigenvalue weighted by molar-refractivity contribution is -0.137. The Kier molecular flexibility index (Phi) is 8.43. The van der Waals surface area contributed by atoms with Crippen LogP contribution in [0, 0.1) is 11.3 Å². The molecular weight excluding hydrogens is 489 g/mol. The molecule has 0 atom stereocenters. The quantitative estimate of drug-likeness (QED) is 0.453. The van der Waals surface area contributed by atoms with Crippen LogP contribution in [0.1, 0.15) is 61.1 Å². The fraction of sp³-hybridized carbons (Fsp3) is 0.481. The number of halogens is 4. The molecule has 2 aliphatic rings. The summed E-state index contributed by atoms with van der Waals surface area (Å²) in [5, 5.41) is 11.5. The summed E-state index contributed by atoms with van der Waals surface area (Å²) in [4.78, 5) is 17.5. The van der Waals surface area contributed by atoms with E-state index in [0.29, 0.717) is 18.0 Å². The van der Waals surface area contributed by atoms with Crippen LogP contribution >= 0.6 is 11.6 Å². The average Bonchev–Trinajstić information content (AvgIpc) is 3.39. The Morgan fingerprint density at radius 1 is 1.11 bits per heavy atom. The van der Waals surface area contributed by atoms with Gasteiger partial charge in [-0.25, -0.2) is 4.79 Å². The molecule has 36 heavy (non-hydrogen) atoms. The number of carbonyl (C=O) groups is 1. The van der Waals surface area contributed by atoms with Crippen molar-refractivity contribution in [3.63, 3.8) is 0 Å². The third-order valence-electron chi connectivity index (χ3n) is 7.26. The third kappa shape index (κ3) is 6.51. The van der Waals surface area contributed by atoms with Crippen molar-refractivity contribution in [1.29, 1.82) is 5.26 Å². The van der Waals surface area contributed by atoms with Crippen LogP contribution in [0.25, 0.3) is 0 Å². The van der Waals surface area contributed by atoms with Crippen LogP contribution in [0.4, 0.5) is 23.7 Å². The van der Waals surface area contributed by atoms with E-state index in [1.807, 2.05) is 18.2 Å². The maximum absolute atomic E-state index is 13.3. The van der Waals surface area contributed by atoms with Crippen LogP contribution in [0.2, 0.25) is 5.02 Å². The van der Waals surface area contributed by atoms with Gasteiger partial charge >= 0.3 is 12.2 Å². The lowest BCUT2D eigenvalue weighted by Crippen LogP contribution is -2.47. The summed E-state index contributed by atoms with van der Waals surface area (Å²) in [5.41, 5.74) is 0.888. The fourth-order valence-corrected chi connectivity index (χ4v) is 5.53. The molecule has 0 radical (unpaired) electrons. The molecule has 4 rings (SSSR count). The fourth-order valence-electron chi connectivity index (χ4n) is 5.30. The number of amides is 2. The average molecular weight is 519 g/mol. The number of nitrogens with one attached hydrogen (secondary N) is 1. The maximum Gasteiger partial charge on any atom is 0.417 e. The number of nitriles is 1. The highest BCUT2D eigenvalue weighted by Crippen LogP contribution is 2.37. The van der Waals surface area contributed by atoms with E-state index in [0.717, 1.165) is 75.9 Å². The first-order valence-corrected chi connectivity index (χ1v) is 12.8. The molecule has 1 heterocycles. The number of benzene rings is 2. The normalized spacial score (nSPS) is 20.6. The highest BCUT2D eigenvalue weighted by atomic mass is 35.5. The van der Waals surface area contributed by atoms with Gasteiger partial charge in [-0.15, -0.1) is 0 Å². The Morgan fingerprint density at radius 3 is 2.50 bits per heavy atom. The van der Waals surface area contributed by atoms with Gasteiger partial charge in [-0.3, -0.25) is 0 Å². The van der Waals surface area contributed by atoms with Crippen molar-refractivity contribution in [2.75, 3.05) is 31.5 Å². The zero-order valence-corrected chi connectivity index (χ0v) is 20.8. The zero-order chi connectivity index (χ0) is 25.7. The third-order valence-corrected chi connectivity index (χ3v) is 7.59. The van der Waals surface area contributed by atoms with E-state index in [2.05, 4.69) is 16.3 Å². The molecule has 2 amide bonds. The number of alkyl halides is 3. The first-order valence-electron chi connectivity index (χ1n) is 12.4. The Labute approximate surface area is 214 Å². The predicted molar refractivity (Wildman–Crippen MR) is 134 cm³/mol. The van der Waals surface area contributed by atoms with Crippen LogP contribution < -0.4 is 5.32 Å². The first kappa shape index (κ1) is 26.3. The molecule has 0 aromatic heterocycles. The first-order chi connectivity index (χ1) is 17.2. The standard InChI is InChI=1S/C27H30ClF3N4O/c28-25-11-8-22(17-24(25)27(29,30)31)33-26(36)35(15-14-34-12-1-2-13-34)23-9-6-20(7-10-23)21-5-3-4-19(16-21)18-32/h3-5,8,11,16-17,20,23H,1-2,6-7,9-10,12-15H2,(H,33,36). The van der Waals surface area contributed by atoms with Crippen LogP contribution in [0.15, 0.2) is 42.5 Å². The summed E-state index contributed by atoms with van der Waals surface area (Å²) in [6, 6.07) is 12.9. The SMILES string of the molecule is N#Cc1cccc(C2CCC(N(CCN3CCCC3)C(=O)Nc3ccc(Cl)c(C(F)(F)F)c3)CC2)c1. The molecule has 2 aromatic carbocycles. The van der Waals surface area contributed by atoms with Gasteiger partial charge in [0.25, 0.3) is 0 Å². The van der Waals surface area contributed by atoms with Crippen molar-refractivity contribution < 1.29 is 18.0 Å². The van der Waals surface area contributed by atoms with Gasteiger partial charge in [0.15, 0.2) is 0 Å². The lowest BCUT2D eigenvalue weighted by Gasteiger charge is -2.38. The van der Waals surface area contributed by atoms with Gasteiger partial charge in [-0.2, -0.15) is 18.4 Å². The summed E-state index contributed by atoms with van der Waals surface area (Å²) < 4.78 is 39.9. The molecule has 0 spiro atoms. The van der Waals surface area contributed by atoms with Gasteiger partial charge in [0.2, 0.25) is 0 Å². The molecule has 192 valence electrons. The molecule has 9 heteroatoms. The van der Waals surface area contributed by atoms with Crippen LogP contribution in [0.3, 0.4) is 0 Å². The second-order valence-corrected chi connectivity index (χ2v) is 10.0. The summed E-state index contributed by atoms with van der Waals surface area (Å²) in [7, 11) is 0. The minimum absolute atomic E-state index is 0.00242. The second-order valence-electron chi connectivity index (χ2n) is 9.61. The van der Waals surface area contributed by atoms with Crippen molar-refractivity contribution in [1.82, 2.24) is 9.80 Å². The molecule has 2 fully saturated rings. The van der Waals surface area contributed by atoms with Gasteiger partial charge in [-0.05, 0) is 93.4 Å². The lowest BCUT2D eigenvalue weighted by atomic mass is 9.81. The highest BCUT2D eigenvalue weighted by molar-refractivity contribution is 6.31. The number of likely N-dealkylation sites (tertiary alicyclic amines) is 1. The van der Waals surface area contributed by atoms with Gasteiger partial charge in [0.05, 0.1) is 22.2 Å². The smallest absolute Gasteiger partial charge is 0.320 e. The number of carbonyl (C=O) groups excluding carboxylic acids is 1. The van der Waals surface area contributed by atoms with E-state index < -0.39 is 16.8 Å². The van der Waals surface area contributed by atoms with E-state index >= 15 is 0 Å². The molecule has 5 nitrogen and oxygen atoms in total. The molecule has 1 aliphatic carbocycles. The topological polar surface area (TPSA) is 59.4 Å². The second kappa shape index (κ2) is 11.5. The molecule has 1 saturated carbocycles. The van der Waals surface area contributed by atoms with Gasteiger partial charge < -0.3 is 15.1 Å². The number of urea groups is 1. The van der Waals surface area contributed by atoms with E-state index in [1.165, 1.54) is 6.07 Å². The number of hydrogen-bond donors (Lipinski definition) is 1. The predicted octanol–water partition coefficient (Wildman–Crippen LogP) is 6.89. The summed E-state index contributed by atoms with van der Waals surface area (Å²) in [6.07, 6.45) is 1.04. The van der Waals surface area contributed by atoms with Gasteiger partial charge in [-0.1, -0.05) is 23.7 Å². The van der Waals surface area contributed by atoms with Crippen molar-refractivity contribution in [3.05, 3.63) is 64.2 Å². The number of rotatable bonds is 6. The Hall–Kier alpha value is -2.76. The minimum Gasteiger partial charge on any atom is -0.320 e. The van der Waals surface area contributed by atoms with Crippen molar-refractivity contribution >= 4 is 23.3 Å². The van der Waals surface area contributed by atoms with E-state index in [-0.39, 0.29) is 17.8 Å². The molecule has 1 aliphatic heterocycles. The van der Waals surface area contributed by atoms with Crippen LogP contribution in [-0.2, 0) is 6.18 Å². The van der Waals surface area contributed by atoms with Crippen molar-refractivity contribution in [2.24, 2.45) is 0 Å². The van der Waals surface area contributed by atoms with Crippen molar-refractivity contribution in [3.8, 4) is 6.07 Å². The Bertz CT molecular complexity index is 1100. The molecule has 2 aromatic rings. The van der Waals surface area contributed by atoms with Crippen molar-refractivity contribution in [2.45, 2.75) is 56.7 Å². The molecular formula is C27H30ClF3N4O. The minimum atomic E-state index is -4.60. The van der Waals surface area contributed by atoms with E-state index in [9.17, 15) is 23.2 Å². The van der Waals surface area contributed by atoms with Crippen LogP contribution in [0.5, 0.6) is 0 Å². The Morgan fingerprint density at radius 2 is 1.83 bits per heavy atom. The molecule has 0 bridgehead atoms. The summed E-state index contributed by atoms with van der Waals surface area (Å²) in [6.45, 7) is 3.27. The number of nitrogens with zero attached hydrogens (tertiary/aromatic N) is 3. The van der Waals surface area contributed by atoms with E-state index in [1.54, 1.807) is 11.0 Å². The maximum atomic E-state index is 13.3. The largest absolute Gasteiger partial charge is 0.417 e. The summed E-state index contributed by atoms with van der Waals surface area (Å²) >= 11 is 5.74. The monoisotopic (exact) mass is 518 g/mol. The van der Waals surface area contributed by atoms with Crippen LogP contribution in [-0.4, -0.2) is 48.1 Å². The Balaban J connectivity index is 1.46. The summed E-state index contributed by atoms with van der Waals surface area (Å²) in [5.74, 6) is 0.323. The number of hydrogen-bond acceptors (Lipinski definition) is 3. The highest BCUT2D eigenvalue weighted by Gasteiger charge is 2.34. The zero-order valence-electron chi connectivity index (χ0n) is 20.0. The van der Waals surface area contributed by atoms with E-state index in [4.69, 9.17) is 11.6 Å².